The SMILES string of the molecule is C[c-]1cccc2c3ccccc3cc1-2.Cl.Cl.[Zr]. The number of fused-ring (bicyclic) bond motifs is 3. The maximum Gasteiger partial charge on any atom is 0 e. The van der Waals surface area contributed by atoms with Crippen molar-refractivity contribution >= 4 is 35.6 Å². The first kappa shape index (κ1) is 16.8. The Kier molecular flexibility index (Phi) is 6.55. The number of rotatable bonds is 0. The Morgan fingerprint density at radius 2 is 1.65 bits per heavy atom. The molecule has 0 aromatic heterocycles. The van der Waals surface area contributed by atoms with Gasteiger partial charge >= 0.3 is 0 Å². The van der Waals surface area contributed by atoms with Gasteiger partial charge in [0, 0.05) is 26.2 Å². The van der Waals surface area contributed by atoms with Gasteiger partial charge in [0.25, 0.3) is 0 Å². The van der Waals surface area contributed by atoms with Gasteiger partial charge in [0.15, 0.2) is 0 Å². The fraction of sp³-hybridized carbons (Fsp3) is 0.0714. The second-order valence-corrected chi connectivity index (χ2v) is 3.77. The van der Waals surface area contributed by atoms with Gasteiger partial charge in [-0.05, 0) is 0 Å². The predicted molar refractivity (Wildman–Crippen MR) is 75.4 cm³/mol. The van der Waals surface area contributed by atoms with E-state index < -0.39 is 0 Å². The van der Waals surface area contributed by atoms with Gasteiger partial charge in [-0.15, -0.1) is 65.8 Å². The van der Waals surface area contributed by atoms with Crippen molar-refractivity contribution in [2.75, 3.05) is 0 Å². The zero-order valence-electron chi connectivity index (χ0n) is 9.44. The average molecular weight is 343 g/mol. The van der Waals surface area contributed by atoms with Gasteiger partial charge in [0.1, 0.15) is 0 Å². The molecule has 3 heteroatoms. The largest absolute Gasteiger partial charge is 0.147 e. The molecule has 0 spiro atoms. The van der Waals surface area contributed by atoms with Crippen LogP contribution in [0.15, 0.2) is 48.5 Å². The number of hydrogen-bond donors (Lipinski definition) is 0. The maximum absolute atomic E-state index is 2.28. The Labute approximate surface area is 133 Å². The van der Waals surface area contributed by atoms with E-state index in [1.54, 1.807) is 0 Å². The van der Waals surface area contributed by atoms with Crippen molar-refractivity contribution in [1.82, 2.24) is 0 Å². The normalized spacial score (nSPS) is 9.24. The summed E-state index contributed by atoms with van der Waals surface area (Å²) in [5.74, 6) is 0. The number of halogens is 2. The topological polar surface area (TPSA) is 0 Å². The Bertz CT molecular complexity index is 572. The van der Waals surface area contributed by atoms with Gasteiger partial charge in [0.2, 0.25) is 0 Å². The van der Waals surface area contributed by atoms with Crippen molar-refractivity contribution < 1.29 is 26.2 Å². The van der Waals surface area contributed by atoms with Gasteiger partial charge in [-0.2, -0.15) is 0 Å². The van der Waals surface area contributed by atoms with Gasteiger partial charge < -0.3 is 0 Å². The van der Waals surface area contributed by atoms with Crippen LogP contribution in [0.25, 0.3) is 21.9 Å². The molecule has 1 aromatic rings. The van der Waals surface area contributed by atoms with Crippen molar-refractivity contribution in [1.29, 1.82) is 0 Å². The van der Waals surface area contributed by atoms with E-state index in [1.807, 2.05) is 0 Å². The van der Waals surface area contributed by atoms with Crippen LogP contribution in [0.4, 0.5) is 0 Å². The summed E-state index contributed by atoms with van der Waals surface area (Å²) in [6, 6.07) is 17.3. The number of hydrogen-bond acceptors (Lipinski definition) is 0. The molecule has 0 saturated heterocycles. The third-order valence-corrected chi connectivity index (χ3v) is 2.87. The minimum absolute atomic E-state index is 0. The molecule has 88 valence electrons. The molecule has 0 amide bonds. The summed E-state index contributed by atoms with van der Waals surface area (Å²) < 4.78 is 0. The molecule has 0 N–H and O–H groups in total. The smallest absolute Gasteiger partial charge is 0 e. The minimum Gasteiger partial charge on any atom is -0.147 e. The molecule has 2 aliphatic carbocycles. The van der Waals surface area contributed by atoms with Gasteiger partial charge in [-0.1, -0.05) is 42.0 Å². The molecular weight excluding hydrogens is 330 g/mol. The first-order valence-electron chi connectivity index (χ1n) is 4.90. The number of aryl methyl sites for hydroxylation is 1. The van der Waals surface area contributed by atoms with Crippen molar-refractivity contribution in [3.05, 3.63) is 54.1 Å². The van der Waals surface area contributed by atoms with E-state index in [0.29, 0.717) is 0 Å². The van der Waals surface area contributed by atoms with Gasteiger partial charge in [-0.25, -0.2) is 0 Å². The van der Waals surface area contributed by atoms with E-state index in [9.17, 15) is 0 Å². The fourth-order valence-electron chi connectivity index (χ4n) is 2.13. The van der Waals surface area contributed by atoms with E-state index in [-0.39, 0.29) is 51.0 Å². The third-order valence-electron chi connectivity index (χ3n) is 2.87. The van der Waals surface area contributed by atoms with Crippen LogP contribution in [0.2, 0.25) is 0 Å². The molecule has 0 saturated carbocycles. The maximum atomic E-state index is 2.28. The van der Waals surface area contributed by atoms with Crippen LogP contribution in [-0.2, 0) is 26.2 Å². The number of benzene rings is 2. The van der Waals surface area contributed by atoms with E-state index >= 15 is 0 Å². The van der Waals surface area contributed by atoms with E-state index in [0.717, 1.165) is 0 Å². The molecule has 0 aliphatic heterocycles. The molecule has 0 radical (unpaired) electrons. The van der Waals surface area contributed by atoms with Crippen LogP contribution in [-0.4, -0.2) is 0 Å². The summed E-state index contributed by atoms with van der Waals surface area (Å²) in [6.45, 7) is 2.17. The molecular formula is C14H13Cl2Zr-. The van der Waals surface area contributed by atoms with Crippen molar-refractivity contribution in [2.45, 2.75) is 6.92 Å². The van der Waals surface area contributed by atoms with Crippen molar-refractivity contribution in [2.24, 2.45) is 0 Å². The van der Waals surface area contributed by atoms with E-state index in [4.69, 9.17) is 0 Å². The molecule has 0 bridgehead atoms. The molecule has 2 aliphatic rings. The Morgan fingerprint density at radius 1 is 0.941 bits per heavy atom. The molecule has 17 heavy (non-hydrogen) atoms. The molecule has 0 heterocycles. The zero-order valence-corrected chi connectivity index (χ0v) is 13.5. The summed E-state index contributed by atoms with van der Waals surface area (Å²) >= 11 is 0. The Hall–Kier alpha value is -0.227. The monoisotopic (exact) mass is 341 g/mol. The van der Waals surface area contributed by atoms with Crippen LogP contribution in [0.3, 0.4) is 0 Å². The zero-order chi connectivity index (χ0) is 9.54. The summed E-state index contributed by atoms with van der Waals surface area (Å²) in [7, 11) is 0. The second kappa shape index (κ2) is 6.64. The Morgan fingerprint density at radius 3 is 2.41 bits per heavy atom. The molecule has 3 rings (SSSR count). The first-order valence-corrected chi connectivity index (χ1v) is 4.90. The van der Waals surface area contributed by atoms with Crippen LogP contribution < -0.4 is 0 Å². The van der Waals surface area contributed by atoms with E-state index in [2.05, 4.69) is 55.5 Å². The second-order valence-electron chi connectivity index (χ2n) is 3.77. The van der Waals surface area contributed by atoms with Crippen LogP contribution in [0, 0.1) is 6.92 Å². The summed E-state index contributed by atoms with van der Waals surface area (Å²) in [4.78, 5) is 0. The van der Waals surface area contributed by atoms with Crippen molar-refractivity contribution in [3.63, 3.8) is 0 Å². The summed E-state index contributed by atoms with van der Waals surface area (Å²) in [5, 5.41) is 2.71. The van der Waals surface area contributed by atoms with Gasteiger partial charge in [0.05, 0.1) is 0 Å². The fourth-order valence-corrected chi connectivity index (χ4v) is 2.13. The molecule has 0 fully saturated rings. The predicted octanol–water partition coefficient (Wildman–Crippen LogP) is 4.81. The van der Waals surface area contributed by atoms with Crippen LogP contribution >= 0.6 is 24.8 Å². The molecule has 1 aromatic carbocycles. The van der Waals surface area contributed by atoms with Crippen molar-refractivity contribution in [3.8, 4) is 11.1 Å². The quantitative estimate of drug-likeness (QED) is 0.514. The molecule has 0 nitrogen and oxygen atoms in total. The van der Waals surface area contributed by atoms with Crippen LogP contribution in [0.5, 0.6) is 0 Å². The Balaban J connectivity index is 0.000000853. The van der Waals surface area contributed by atoms with E-state index in [1.165, 1.54) is 27.5 Å². The summed E-state index contributed by atoms with van der Waals surface area (Å²) in [5.41, 5.74) is 4.12. The average Bonchev–Trinajstić information content (AvgIpc) is 2.59. The molecule has 0 unspecified atom stereocenters. The molecule has 0 atom stereocenters. The van der Waals surface area contributed by atoms with Gasteiger partial charge in [-0.3, -0.25) is 0 Å². The summed E-state index contributed by atoms with van der Waals surface area (Å²) in [6.07, 6.45) is 0. The minimum atomic E-state index is 0. The van der Waals surface area contributed by atoms with Crippen LogP contribution in [0.1, 0.15) is 5.56 Å². The first-order chi connectivity index (χ1) is 6.86. The third kappa shape index (κ3) is 2.79. The standard InChI is InChI=1S/C14H11.2ClH.Zr/c1-10-5-4-8-13-12-7-3-2-6-11(12)9-14(10)13;;;/h2-9H,1H3;2*1H;/q-1;;;.